The predicted molar refractivity (Wildman–Crippen MR) is 109 cm³/mol. The first-order chi connectivity index (χ1) is 13.1. The van der Waals surface area contributed by atoms with E-state index < -0.39 is 28.2 Å². The minimum absolute atomic E-state index is 0.0143. The molecule has 2 aromatic rings. The SMILES string of the molecule is CCOC(=O)C(CC(=O)O)=C(c1ccc(S(C)(=O)=O)cc1)c1cccc(Br)c1. The Morgan fingerprint density at radius 2 is 1.71 bits per heavy atom. The maximum Gasteiger partial charge on any atom is 0.335 e. The topological polar surface area (TPSA) is 97.7 Å². The normalized spacial score (nSPS) is 12.2. The lowest BCUT2D eigenvalue weighted by molar-refractivity contribution is -0.142. The van der Waals surface area contributed by atoms with Crippen molar-refractivity contribution in [2.45, 2.75) is 18.2 Å². The van der Waals surface area contributed by atoms with Crippen molar-refractivity contribution in [3.05, 3.63) is 69.7 Å². The first-order valence-electron chi connectivity index (χ1n) is 8.32. The molecule has 0 saturated carbocycles. The third-order valence-electron chi connectivity index (χ3n) is 3.84. The highest BCUT2D eigenvalue weighted by Gasteiger charge is 2.23. The maximum absolute atomic E-state index is 12.5. The monoisotopic (exact) mass is 466 g/mol. The first kappa shape index (κ1) is 21.8. The molecule has 0 heterocycles. The molecule has 28 heavy (non-hydrogen) atoms. The van der Waals surface area contributed by atoms with Gasteiger partial charge in [-0.3, -0.25) is 4.79 Å². The molecule has 0 atom stereocenters. The lowest BCUT2D eigenvalue weighted by Crippen LogP contribution is -2.14. The molecule has 6 nitrogen and oxygen atoms in total. The largest absolute Gasteiger partial charge is 0.481 e. The second kappa shape index (κ2) is 9.16. The third-order valence-corrected chi connectivity index (χ3v) is 5.46. The fourth-order valence-corrected chi connectivity index (χ4v) is 3.69. The molecule has 2 aromatic carbocycles. The third kappa shape index (κ3) is 5.53. The molecule has 0 saturated heterocycles. The number of halogens is 1. The van der Waals surface area contributed by atoms with E-state index in [-0.39, 0.29) is 17.1 Å². The molecule has 0 unspecified atom stereocenters. The number of aliphatic carboxylic acids is 1. The van der Waals surface area contributed by atoms with Gasteiger partial charge in [0.25, 0.3) is 0 Å². The van der Waals surface area contributed by atoms with Gasteiger partial charge in [0.1, 0.15) is 0 Å². The average Bonchev–Trinajstić information content (AvgIpc) is 2.61. The number of hydrogen-bond donors (Lipinski definition) is 1. The molecule has 0 bridgehead atoms. The van der Waals surface area contributed by atoms with Gasteiger partial charge >= 0.3 is 11.9 Å². The van der Waals surface area contributed by atoms with Crippen molar-refractivity contribution in [3.63, 3.8) is 0 Å². The van der Waals surface area contributed by atoms with Crippen LogP contribution in [0.4, 0.5) is 0 Å². The number of esters is 1. The van der Waals surface area contributed by atoms with Gasteiger partial charge in [-0.1, -0.05) is 40.2 Å². The van der Waals surface area contributed by atoms with Gasteiger partial charge in [0.2, 0.25) is 0 Å². The zero-order chi connectivity index (χ0) is 20.9. The summed E-state index contributed by atoms with van der Waals surface area (Å²) < 4.78 is 29.3. The minimum Gasteiger partial charge on any atom is -0.481 e. The molecule has 8 heteroatoms. The van der Waals surface area contributed by atoms with Crippen LogP contribution in [-0.4, -0.2) is 38.3 Å². The van der Waals surface area contributed by atoms with Crippen molar-refractivity contribution < 1.29 is 27.9 Å². The van der Waals surface area contributed by atoms with Crippen molar-refractivity contribution in [1.29, 1.82) is 0 Å². The molecule has 0 aromatic heterocycles. The number of benzene rings is 2. The number of carbonyl (C=O) groups excluding carboxylic acids is 1. The molecule has 0 radical (unpaired) electrons. The van der Waals surface area contributed by atoms with E-state index in [0.29, 0.717) is 16.7 Å². The summed E-state index contributed by atoms with van der Waals surface area (Å²) in [5.74, 6) is -1.91. The summed E-state index contributed by atoms with van der Waals surface area (Å²) in [4.78, 5) is 24.1. The van der Waals surface area contributed by atoms with Crippen LogP contribution >= 0.6 is 15.9 Å². The van der Waals surface area contributed by atoms with E-state index in [2.05, 4.69) is 15.9 Å². The summed E-state index contributed by atoms with van der Waals surface area (Å²) >= 11 is 3.37. The summed E-state index contributed by atoms with van der Waals surface area (Å²) in [5, 5.41) is 9.32. The Morgan fingerprint density at radius 3 is 2.21 bits per heavy atom. The van der Waals surface area contributed by atoms with Crippen molar-refractivity contribution in [2.75, 3.05) is 12.9 Å². The zero-order valence-corrected chi connectivity index (χ0v) is 17.7. The van der Waals surface area contributed by atoms with Crippen LogP contribution in [0.25, 0.3) is 5.57 Å². The molecule has 0 aliphatic heterocycles. The fraction of sp³-hybridized carbons (Fsp3) is 0.200. The van der Waals surface area contributed by atoms with Crippen molar-refractivity contribution in [2.24, 2.45) is 0 Å². The molecule has 0 aliphatic rings. The molecular formula is C20H19BrO6S. The van der Waals surface area contributed by atoms with Crippen LogP contribution in [0.15, 0.2) is 63.5 Å². The molecule has 148 valence electrons. The van der Waals surface area contributed by atoms with Crippen molar-refractivity contribution in [1.82, 2.24) is 0 Å². The van der Waals surface area contributed by atoms with E-state index in [1.807, 2.05) is 0 Å². The van der Waals surface area contributed by atoms with E-state index in [4.69, 9.17) is 4.74 Å². The molecule has 2 rings (SSSR count). The summed E-state index contributed by atoms with van der Waals surface area (Å²) in [6.07, 6.45) is 0.566. The van der Waals surface area contributed by atoms with Crippen LogP contribution in [0.1, 0.15) is 24.5 Å². The van der Waals surface area contributed by atoms with Crippen LogP contribution in [0.5, 0.6) is 0 Å². The highest BCUT2D eigenvalue weighted by atomic mass is 79.9. The Kier molecular flexibility index (Phi) is 7.15. The zero-order valence-electron chi connectivity index (χ0n) is 15.3. The van der Waals surface area contributed by atoms with Gasteiger partial charge in [-0.2, -0.15) is 0 Å². The van der Waals surface area contributed by atoms with Crippen LogP contribution in [-0.2, 0) is 24.2 Å². The number of hydrogen-bond acceptors (Lipinski definition) is 5. The Balaban J connectivity index is 2.77. The number of ether oxygens (including phenoxy) is 1. The Hall–Kier alpha value is -2.45. The van der Waals surface area contributed by atoms with Gasteiger partial charge in [0, 0.05) is 10.7 Å². The van der Waals surface area contributed by atoms with Gasteiger partial charge in [0.15, 0.2) is 9.84 Å². The molecular weight excluding hydrogens is 448 g/mol. The fourth-order valence-electron chi connectivity index (χ4n) is 2.66. The number of sulfone groups is 1. The number of rotatable bonds is 7. The Morgan fingerprint density at radius 1 is 1.07 bits per heavy atom. The van der Waals surface area contributed by atoms with Gasteiger partial charge < -0.3 is 9.84 Å². The van der Waals surface area contributed by atoms with Gasteiger partial charge in [-0.25, -0.2) is 13.2 Å². The number of carboxylic acid groups (broad SMARTS) is 1. The molecule has 1 N–H and O–H groups in total. The Bertz CT molecular complexity index is 1020. The van der Waals surface area contributed by atoms with Crippen LogP contribution < -0.4 is 0 Å². The molecule has 0 fully saturated rings. The van der Waals surface area contributed by atoms with Crippen molar-refractivity contribution in [3.8, 4) is 0 Å². The lowest BCUT2D eigenvalue weighted by atomic mass is 9.91. The van der Waals surface area contributed by atoms with Gasteiger partial charge in [0.05, 0.1) is 23.5 Å². The smallest absolute Gasteiger partial charge is 0.335 e. The van der Waals surface area contributed by atoms with E-state index >= 15 is 0 Å². The lowest BCUT2D eigenvalue weighted by Gasteiger charge is -2.15. The van der Waals surface area contributed by atoms with E-state index in [9.17, 15) is 23.1 Å². The minimum atomic E-state index is -3.39. The average molecular weight is 467 g/mol. The quantitative estimate of drug-likeness (QED) is 0.493. The highest BCUT2D eigenvalue weighted by molar-refractivity contribution is 9.10. The van der Waals surface area contributed by atoms with Gasteiger partial charge in [-0.15, -0.1) is 0 Å². The Labute approximate surface area is 171 Å². The van der Waals surface area contributed by atoms with Crippen LogP contribution in [0.2, 0.25) is 0 Å². The van der Waals surface area contributed by atoms with Gasteiger partial charge in [-0.05, 0) is 47.9 Å². The van der Waals surface area contributed by atoms with E-state index in [1.54, 1.807) is 43.3 Å². The van der Waals surface area contributed by atoms with Crippen LogP contribution in [0, 0.1) is 0 Å². The predicted octanol–water partition coefficient (Wildman–Crippen LogP) is 3.69. The maximum atomic E-state index is 12.5. The standard InChI is InChI=1S/C20H19BrO6S/c1-3-27-20(24)17(12-18(22)23)19(14-5-4-6-15(21)11-14)13-7-9-16(10-8-13)28(2,25)26/h4-11H,3,12H2,1-2H3,(H,22,23). The molecule has 0 amide bonds. The van der Waals surface area contributed by atoms with E-state index in [1.165, 1.54) is 12.1 Å². The second-order valence-electron chi connectivity index (χ2n) is 5.95. The van der Waals surface area contributed by atoms with Crippen LogP contribution in [0.3, 0.4) is 0 Å². The highest BCUT2D eigenvalue weighted by Crippen LogP contribution is 2.31. The summed E-state index contributed by atoms with van der Waals surface area (Å²) in [6.45, 7) is 1.73. The second-order valence-corrected chi connectivity index (χ2v) is 8.88. The number of carbonyl (C=O) groups is 2. The number of carboxylic acids is 1. The molecule has 0 spiro atoms. The first-order valence-corrected chi connectivity index (χ1v) is 11.0. The van der Waals surface area contributed by atoms with Crippen molar-refractivity contribution >= 4 is 43.3 Å². The summed E-state index contributed by atoms with van der Waals surface area (Å²) in [6, 6.07) is 13.0. The summed E-state index contributed by atoms with van der Waals surface area (Å²) in [7, 11) is -3.39. The molecule has 0 aliphatic carbocycles. The summed E-state index contributed by atoms with van der Waals surface area (Å²) in [5.41, 5.74) is 1.47. The van der Waals surface area contributed by atoms with E-state index in [0.717, 1.165) is 10.7 Å².